The van der Waals surface area contributed by atoms with Gasteiger partial charge in [0, 0.05) is 6.54 Å². The van der Waals surface area contributed by atoms with E-state index in [9.17, 15) is 13.2 Å². The molecule has 2 heterocycles. The predicted octanol–water partition coefficient (Wildman–Crippen LogP) is 1.23. The maximum Gasteiger partial charge on any atom is 0.349 e. The summed E-state index contributed by atoms with van der Waals surface area (Å²) in [5, 5.41) is 4.81. The molecule has 1 aliphatic rings. The zero-order chi connectivity index (χ0) is 14.6. The topological polar surface area (TPSA) is 84.5 Å². The van der Waals surface area contributed by atoms with Gasteiger partial charge in [-0.2, -0.15) is 0 Å². The van der Waals surface area contributed by atoms with Gasteiger partial charge in [0.05, 0.1) is 7.11 Å². The zero-order valence-corrected chi connectivity index (χ0v) is 14.1. The fourth-order valence-corrected chi connectivity index (χ4v) is 4.57. The van der Waals surface area contributed by atoms with Crippen LogP contribution in [0, 0.1) is 5.92 Å². The molecule has 1 atom stereocenters. The molecule has 1 fully saturated rings. The first-order valence-corrected chi connectivity index (χ1v) is 8.77. The molecule has 1 aromatic heterocycles. The number of halogens is 1. The Morgan fingerprint density at radius 1 is 1.57 bits per heavy atom. The van der Waals surface area contributed by atoms with E-state index in [-0.39, 0.29) is 22.2 Å². The average molecular weight is 355 g/mol. The number of hydrogen-bond acceptors (Lipinski definition) is 6. The summed E-state index contributed by atoms with van der Waals surface area (Å²) >= 11 is 1.06. The van der Waals surface area contributed by atoms with Crippen molar-refractivity contribution in [3.8, 4) is 0 Å². The van der Waals surface area contributed by atoms with E-state index in [4.69, 9.17) is 0 Å². The molecule has 2 N–H and O–H groups in total. The molecule has 1 aliphatic heterocycles. The van der Waals surface area contributed by atoms with Crippen molar-refractivity contribution in [2.75, 3.05) is 26.7 Å². The highest BCUT2D eigenvalue weighted by molar-refractivity contribution is 7.89. The summed E-state index contributed by atoms with van der Waals surface area (Å²) in [6, 6.07) is 1.43. The van der Waals surface area contributed by atoms with Crippen LogP contribution < -0.4 is 10.0 Å². The number of methoxy groups -OCH3 is 1. The normalized spacial score (nSPS) is 18.2. The summed E-state index contributed by atoms with van der Waals surface area (Å²) in [7, 11) is -2.42. The molecule has 6 nitrogen and oxygen atoms in total. The minimum absolute atomic E-state index is 0. The van der Waals surface area contributed by atoms with E-state index in [1.165, 1.54) is 13.2 Å². The smallest absolute Gasteiger partial charge is 0.349 e. The summed E-state index contributed by atoms with van der Waals surface area (Å²) in [5.41, 5.74) is 0. The first kappa shape index (κ1) is 18.4. The minimum atomic E-state index is -3.66. The van der Waals surface area contributed by atoms with Gasteiger partial charge in [0.25, 0.3) is 0 Å². The molecule has 0 spiro atoms. The molecule has 9 heteroatoms. The second kappa shape index (κ2) is 8.09. The lowest BCUT2D eigenvalue weighted by molar-refractivity contribution is 0.0602. The van der Waals surface area contributed by atoms with Gasteiger partial charge in [-0.05, 0) is 43.3 Å². The van der Waals surface area contributed by atoms with Crippen LogP contribution in [0.1, 0.15) is 22.5 Å². The van der Waals surface area contributed by atoms with E-state index in [2.05, 4.69) is 14.8 Å². The molecular weight excluding hydrogens is 336 g/mol. The molecule has 1 aromatic rings. The molecule has 0 aliphatic carbocycles. The van der Waals surface area contributed by atoms with Crippen molar-refractivity contribution in [1.29, 1.82) is 0 Å². The number of esters is 1. The Hall–Kier alpha value is -0.670. The van der Waals surface area contributed by atoms with Crippen LogP contribution in [0.2, 0.25) is 0 Å². The highest BCUT2D eigenvalue weighted by Crippen LogP contribution is 2.22. The van der Waals surface area contributed by atoms with Gasteiger partial charge in [-0.3, -0.25) is 0 Å². The largest absolute Gasteiger partial charge is 0.465 e. The lowest BCUT2D eigenvalue weighted by atomic mass is 10.1. The SMILES string of the molecule is COC(=O)c1sccc1S(=O)(=O)NCCC1CCNC1.Cl. The number of carbonyl (C=O) groups is 1. The lowest BCUT2D eigenvalue weighted by Crippen LogP contribution is -2.27. The van der Waals surface area contributed by atoms with E-state index in [1.54, 1.807) is 5.38 Å². The fourth-order valence-electron chi connectivity index (χ4n) is 2.19. The molecule has 1 saturated heterocycles. The highest BCUT2D eigenvalue weighted by atomic mass is 35.5. The number of hydrogen-bond donors (Lipinski definition) is 2. The van der Waals surface area contributed by atoms with Gasteiger partial charge in [-0.25, -0.2) is 17.9 Å². The van der Waals surface area contributed by atoms with Crippen molar-refractivity contribution in [2.24, 2.45) is 5.92 Å². The van der Waals surface area contributed by atoms with Crippen LogP contribution >= 0.6 is 23.7 Å². The maximum atomic E-state index is 12.2. The second-order valence-electron chi connectivity index (χ2n) is 4.65. The van der Waals surface area contributed by atoms with Gasteiger partial charge in [-0.15, -0.1) is 23.7 Å². The summed E-state index contributed by atoms with van der Waals surface area (Å²) < 4.78 is 31.5. The molecule has 0 amide bonds. The highest BCUT2D eigenvalue weighted by Gasteiger charge is 2.24. The summed E-state index contributed by atoms with van der Waals surface area (Å²) in [6.07, 6.45) is 1.87. The van der Waals surface area contributed by atoms with E-state index in [1.807, 2.05) is 0 Å². The van der Waals surface area contributed by atoms with Gasteiger partial charge in [-0.1, -0.05) is 0 Å². The van der Waals surface area contributed by atoms with Crippen molar-refractivity contribution < 1.29 is 17.9 Å². The third-order valence-corrected chi connectivity index (χ3v) is 5.82. The van der Waals surface area contributed by atoms with E-state index < -0.39 is 16.0 Å². The average Bonchev–Trinajstić information content (AvgIpc) is 3.08. The Balaban J connectivity index is 0.00000220. The maximum absolute atomic E-state index is 12.2. The quantitative estimate of drug-likeness (QED) is 0.751. The number of carbonyl (C=O) groups excluding carboxylic acids is 1. The van der Waals surface area contributed by atoms with Crippen LogP contribution in [0.15, 0.2) is 16.3 Å². The molecule has 0 radical (unpaired) electrons. The van der Waals surface area contributed by atoms with Gasteiger partial charge in [0.2, 0.25) is 10.0 Å². The van der Waals surface area contributed by atoms with Crippen LogP contribution in [0.4, 0.5) is 0 Å². The molecule has 1 unspecified atom stereocenters. The van der Waals surface area contributed by atoms with Gasteiger partial charge < -0.3 is 10.1 Å². The van der Waals surface area contributed by atoms with Crippen molar-refractivity contribution in [2.45, 2.75) is 17.7 Å². The van der Waals surface area contributed by atoms with Crippen molar-refractivity contribution in [3.05, 3.63) is 16.3 Å². The molecular formula is C12H19ClN2O4S2. The Morgan fingerprint density at radius 3 is 2.95 bits per heavy atom. The first-order valence-electron chi connectivity index (χ1n) is 6.41. The van der Waals surface area contributed by atoms with Gasteiger partial charge in [0.15, 0.2) is 0 Å². The number of rotatable bonds is 6. The fraction of sp³-hybridized carbons (Fsp3) is 0.583. The molecule has 0 saturated carbocycles. The van der Waals surface area contributed by atoms with E-state index in [0.29, 0.717) is 12.5 Å². The van der Waals surface area contributed by atoms with E-state index in [0.717, 1.165) is 37.3 Å². The van der Waals surface area contributed by atoms with Gasteiger partial charge in [0.1, 0.15) is 9.77 Å². The third kappa shape index (κ3) is 4.65. The predicted molar refractivity (Wildman–Crippen MR) is 83.7 cm³/mol. The summed E-state index contributed by atoms with van der Waals surface area (Å²) in [4.78, 5) is 11.6. The van der Waals surface area contributed by atoms with Crippen molar-refractivity contribution >= 4 is 39.7 Å². The van der Waals surface area contributed by atoms with E-state index >= 15 is 0 Å². The molecule has 120 valence electrons. The molecule has 2 rings (SSSR count). The summed E-state index contributed by atoms with van der Waals surface area (Å²) in [6.45, 7) is 2.31. The first-order chi connectivity index (χ1) is 9.54. The zero-order valence-electron chi connectivity index (χ0n) is 11.6. The monoisotopic (exact) mass is 354 g/mol. The van der Waals surface area contributed by atoms with Gasteiger partial charge >= 0.3 is 5.97 Å². The number of nitrogens with one attached hydrogen (secondary N) is 2. The second-order valence-corrected chi connectivity index (χ2v) is 7.30. The molecule has 21 heavy (non-hydrogen) atoms. The van der Waals surface area contributed by atoms with Crippen LogP contribution in [0.5, 0.6) is 0 Å². The number of thiophene rings is 1. The Bertz CT molecular complexity index is 568. The number of sulfonamides is 1. The molecule has 0 aromatic carbocycles. The Kier molecular flexibility index (Phi) is 7.08. The van der Waals surface area contributed by atoms with Crippen LogP contribution in [0.25, 0.3) is 0 Å². The lowest BCUT2D eigenvalue weighted by Gasteiger charge is -2.10. The summed E-state index contributed by atoms with van der Waals surface area (Å²) in [5.74, 6) is -0.111. The van der Waals surface area contributed by atoms with Crippen molar-refractivity contribution in [3.63, 3.8) is 0 Å². The number of ether oxygens (including phenoxy) is 1. The van der Waals surface area contributed by atoms with Crippen molar-refractivity contribution in [1.82, 2.24) is 10.0 Å². The van der Waals surface area contributed by atoms with Crippen LogP contribution in [-0.2, 0) is 14.8 Å². The Morgan fingerprint density at radius 2 is 2.33 bits per heavy atom. The standard InChI is InChI=1S/C12H18N2O4S2.ClH/c1-18-12(15)11-10(4-7-19-11)20(16,17)14-6-3-9-2-5-13-8-9;/h4,7,9,13-14H,2-3,5-6,8H2,1H3;1H. The van der Waals surface area contributed by atoms with Crippen LogP contribution in [0.3, 0.4) is 0 Å². The minimum Gasteiger partial charge on any atom is -0.465 e. The Labute approximate surface area is 134 Å². The third-order valence-electron chi connectivity index (χ3n) is 3.30. The molecule has 0 bridgehead atoms. The van der Waals surface area contributed by atoms with Crippen LogP contribution in [-0.4, -0.2) is 41.1 Å².